The fourth-order valence-electron chi connectivity index (χ4n) is 2.18. The van der Waals surface area contributed by atoms with Gasteiger partial charge in [-0.3, -0.25) is 4.79 Å². The average Bonchev–Trinajstić information content (AvgIpc) is 3.17. The van der Waals surface area contributed by atoms with Crippen molar-refractivity contribution in [1.29, 1.82) is 0 Å². The number of nitrogens with two attached hydrogens (primary N) is 1. The van der Waals surface area contributed by atoms with Crippen molar-refractivity contribution in [3.8, 4) is 0 Å². The molecule has 5 heteroatoms. The van der Waals surface area contributed by atoms with Crippen LogP contribution in [0.25, 0.3) is 0 Å². The molecule has 1 fully saturated rings. The summed E-state index contributed by atoms with van der Waals surface area (Å²) in [6.07, 6.45) is 2.23. The van der Waals surface area contributed by atoms with Crippen molar-refractivity contribution in [3.63, 3.8) is 0 Å². The van der Waals surface area contributed by atoms with Gasteiger partial charge in [0.1, 0.15) is 0 Å². The number of carbonyl (C=O) groups excluding carboxylic acids is 1. The SMILES string of the molecule is CC(N)C(C)C(=O)NCC1(c2ccc(Cl)cc2)CC1.Cl. The summed E-state index contributed by atoms with van der Waals surface area (Å²) in [7, 11) is 0. The lowest BCUT2D eigenvalue weighted by molar-refractivity contribution is -0.125. The summed E-state index contributed by atoms with van der Waals surface area (Å²) in [5, 5.41) is 3.77. The van der Waals surface area contributed by atoms with Gasteiger partial charge in [0.2, 0.25) is 5.91 Å². The molecule has 1 aliphatic rings. The van der Waals surface area contributed by atoms with E-state index in [-0.39, 0.29) is 35.7 Å². The maximum atomic E-state index is 11.9. The molecule has 3 N–H and O–H groups in total. The first-order chi connectivity index (χ1) is 8.94. The van der Waals surface area contributed by atoms with Crippen molar-refractivity contribution in [2.45, 2.75) is 38.1 Å². The zero-order valence-corrected chi connectivity index (χ0v) is 13.4. The van der Waals surface area contributed by atoms with Crippen molar-refractivity contribution in [2.75, 3.05) is 6.54 Å². The number of halogens is 2. The number of hydrogen-bond acceptors (Lipinski definition) is 2. The van der Waals surface area contributed by atoms with Crippen LogP contribution in [0.4, 0.5) is 0 Å². The van der Waals surface area contributed by atoms with E-state index >= 15 is 0 Å². The van der Waals surface area contributed by atoms with Gasteiger partial charge in [-0.25, -0.2) is 0 Å². The lowest BCUT2D eigenvalue weighted by Crippen LogP contribution is -2.41. The van der Waals surface area contributed by atoms with Crippen LogP contribution >= 0.6 is 24.0 Å². The van der Waals surface area contributed by atoms with Crippen molar-refractivity contribution in [1.82, 2.24) is 5.32 Å². The highest BCUT2D eigenvalue weighted by molar-refractivity contribution is 6.30. The minimum atomic E-state index is -0.152. The quantitative estimate of drug-likeness (QED) is 0.877. The minimum Gasteiger partial charge on any atom is -0.355 e. The van der Waals surface area contributed by atoms with E-state index in [9.17, 15) is 4.79 Å². The summed E-state index contributed by atoms with van der Waals surface area (Å²) in [6.45, 7) is 4.41. The maximum Gasteiger partial charge on any atom is 0.224 e. The lowest BCUT2D eigenvalue weighted by atomic mass is 9.95. The Labute approximate surface area is 131 Å². The molecular formula is C15H22Cl2N2O. The highest BCUT2D eigenvalue weighted by Gasteiger charge is 2.44. The van der Waals surface area contributed by atoms with Crippen LogP contribution in [0, 0.1) is 5.92 Å². The number of amides is 1. The van der Waals surface area contributed by atoms with E-state index in [1.807, 2.05) is 26.0 Å². The third-order valence-corrected chi connectivity index (χ3v) is 4.37. The first kappa shape index (κ1) is 17.3. The topological polar surface area (TPSA) is 55.1 Å². The standard InChI is InChI=1S/C15H21ClN2O.ClH/c1-10(11(2)17)14(19)18-9-15(7-8-15)12-3-5-13(16)6-4-12;/h3-6,10-11H,7-9,17H2,1-2H3,(H,18,19);1H. The molecule has 1 amide bonds. The van der Waals surface area contributed by atoms with Crippen LogP contribution in [0.1, 0.15) is 32.3 Å². The predicted octanol–water partition coefficient (Wildman–Crippen LogP) is 2.89. The Morgan fingerprint density at radius 3 is 2.35 bits per heavy atom. The van der Waals surface area contributed by atoms with Gasteiger partial charge in [0.25, 0.3) is 0 Å². The summed E-state index contributed by atoms with van der Waals surface area (Å²) in [5.41, 5.74) is 7.11. The number of benzene rings is 1. The van der Waals surface area contributed by atoms with Gasteiger partial charge in [0, 0.05) is 28.9 Å². The molecule has 1 aliphatic carbocycles. The minimum absolute atomic E-state index is 0. The van der Waals surface area contributed by atoms with Gasteiger partial charge in [0.05, 0.1) is 0 Å². The smallest absolute Gasteiger partial charge is 0.224 e. The zero-order chi connectivity index (χ0) is 14.0. The van der Waals surface area contributed by atoms with Crippen molar-refractivity contribution < 1.29 is 4.79 Å². The van der Waals surface area contributed by atoms with Crippen molar-refractivity contribution in [3.05, 3.63) is 34.9 Å². The summed E-state index contributed by atoms with van der Waals surface area (Å²) in [6, 6.07) is 7.80. The normalized spacial score (nSPS) is 18.6. The Hall–Kier alpha value is -0.770. The molecule has 2 unspecified atom stereocenters. The first-order valence-electron chi connectivity index (χ1n) is 6.74. The molecule has 3 nitrogen and oxygen atoms in total. The van der Waals surface area contributed by atoms with E-state index in [0.717, 1.165) is 17.9 Å². The molecule has 0 saturated heterocycles. The summed E-state index contributed by atoms with van der Waals surface area (Å²) >= 11 is 5.90. The molecule has 1 aromatic rings. The van der Waals surface area contributed by atoms with E-state index in [0.29, 0.717) is 6.54 Å². The Bertz CT molecular complexity index is 455. The number of hydrogen-bond donors (Lipinski definition) is 2. The molecule has 0 heterocycles. The summed E-state index contributed by atoms with van der Waals surface area (Å²) in [4.78, 5) is 11.9. The molecule has 1 saturated carbocycles. The van der Waals surface area contributed by atoms with Gasteiger partial charge in [0.15, 0.2) is 0 Å². The second kappa shape index (κ2) is 6.79. The van der Waals surface area contributed by atoms with Gasteiger partial charge in [-0.05, 0) is 37.5 Å². The van der Waals surface area contributed by atoms with E-state index in [1.165, 1.54) is 5.56 Å². The molecule has 112 valence electrons. The van der Waals surface area contributed by atoms with E-state index in [1.54, 1.807) is 0 Å². The van der Waals surface area contributed by atoms with Crippen molar-refractivity contribution >= 4 is 29.9 Å². The Morgan fingerprint density at radius 1 is 1.35 bits per heavy atom. The Kier molecular flexibility index (Phi) is 5.87. The molecule has 0 bridgehead atoms. The van der Waals surface area contributed by atoms with Crippen LogP contribution in [0.5, 0.6) is 0 Å². The highest BCUT2D eigenvalue weighted by atomic mass is 35.5. The zero-order valence-electron chi connectivity index (χ0n) is 11.9. The van der Waals surface area contributed by atoms with Crippen LogP contribution in [-0.2, 0) is 10.2 Å². The molecule has 20 heavy (non-hydrogen) atoms. The van der Waals surface area contributed by atoms with Crippen LogP contribution < -0.4 is 11.1 Å². The third kappa shape index (κ3) is 3.87. The van der Waals surface area contributed by atoms with Crippen LogP contribution in [0.3, 0.4) is 0 Å². The Morgan fingerprint density at radius 2 is 1.90 bits per heavy atom. The van der Waals surface area contributed by atoms with Crippen LogP contribution in [-0.4, -0.2) is 18.5 Å². The first-order valence-corrected chi connectivity index (χ1v) is 7.12. The van der Waals surface area contributed by atoms with Gasteiger partial charge >= 0.3 is 0 Å². The van der Waals surface area contributed by atoms with E-state index in [4.69, 9.17) is 17.3 Å². The van der Waals surface area contributed by atoms with Crippen LogP contribution in [0.2, 0.25) is 5.02 Å². The number of rotatable bonds is 5. The van der Waals surface area contributed by atoms with Gasteiger partial charge in [-0.1, -0.05) is 30.7 Å². The number of nitrogens with one attached hydrogen (secondary N) is 1. The fraction of sp³-hybridized carbons (Fsp3) is 0.533. The average molecular weight is 317 g/mol. The van der Waals surface area contributed by atoms with E-state index in [2.05, 4.69) is 17.4 Å². The molecular weight excluding hydrogens is 295 g/mol. The van der Waals surface area contributed by atoms with Gasteiger partial charge in [-0.15, -0.1) is 12.4 Å². The molecule has 0 aromatic heterocycles. The second-order valence-electron chi connectivity index (χ2n) is 5.65. The highest BCUT2D eigenvalue weighted by Crippen LogP contribution is 2.47. The summed E-state index contributed by atoms with van der Waals surface area (Å²) in [5.74, 6) is -0.115. The third-order valence-electron chi connectivity index (χ3n) is 4.11. The van der Waals surface area contributed by atoms with Crippen LogP contribution in [0.15, 0.2) is 24.3 Å². The van der Waals surface area contributed by atoms with Gasteiger partial charge < -0.3 is 11.1 Å². The fourth-order valence-corrected chi connectivity index (χ4v) is 2.30. The van der Waals surface area contributed by atoms with E-state index < -0.39 is 0 Å². The second-order valence-corrected chi connectivity index (χ2v) is 6.09. The molecule has 1 aromatic carbocycles. The summed E-state index contributed by atoms with van der Waals surface area (Å²) < 4.78 is 0. The maximum absolute atomic E-state index is 11.9. The Balaban J connectivity index is 0.00000200. The lowest BCUT2D eigenvalue weighted by Gasteiger charge is -2.20. The molecule has 2 rings (SSSR count). The predicted molar refractivity (Wildman–Crippen MR) is 85.4 cm³/mol. The largest absolute Gasteiger partial charge is 0.355 e. The number of carbonyl (C=O) groups is 1. The molecule has 2 atom stereocenters. The van der Waals surface area contributed by atoms with Crippen molar-refractivity contribution in [2.24, 2.45) is 11.7 Å². The van der Waals surface area contributed by atoms with Gasteiger partial charge in [-0.2, -0.15) is 0 Å². The monoisotopic (exact) mass is 316 g/mol. The molecule has 0 aliphatic heterocycles. The molecule has 0 radical (unpaired) electrons. The molecule has 0 spiro atoms.